The standard InChI is InChI=1S/C14H12N2OS/c1-16(2)14(17)9-3-4-10-11-5-6-15-8-13(11)18-12(10)7-9/h3-8H,1-2H3. The van der Waals surface area contributed by atoms with Gasteiger partial charge in [-0.3, -0.25) is 9.78 Å². The van der Waals surface area contributed by atoms with Gasteiger partial charge in [0.15, 0.2) is 0 Å². The largest absolute Gasteiger partial charge is 0.345 e. The van der Waals surface area contributed by atoms with Gasteiger partial charge in [0.25, 0.3) is 5.91 Å². The molecule has 0 spiro atoms. The van der Waals surface area contributed by atoms with Crippen molar-refractivity contribution in [3.8, 4) is 0 Å². The Kier molecular flexibility index (Phi) is 2.52. The quantitative estimate of drug-likeness (QED) is 0.670. The second-order valence-electron chi connectivity index (χ2n) is 4.38. The molecule has 0 bridgehead atoms. The molecule has 0 N–H and O–H groups in total. The van der Waals surface area contributed by atoms with Gasteiger partial charge >= 0.3 is 0 Å². The van der Waals surface area contributed by atoms with Crippen molar-refractivity contribution in [2.24, 2.45) is 0 Å². The summed E-state index contributed by atoms with van der Waals surface area (Å²) in [4.78, 5) is 17.6. The van der Waals surface area contributed by atoms with Crippen LogP contribution in [0.5, 0.6) is 0 Å². The van der Waals surface area contributed by atoms with Crippen LogP contribution in [0, 0.1) is 0 Å². The molecule has 0 aliphatic rings. The molecule has 0 aliphatic heterocycles. The number of hydrogen-bond donors (Lipinski definition) is 0. The van der Waals surface area contributed by atoms with Crippen LogP contribution in [0.1, 0.15) is 10.4 Å². The Morgan fingerprint density at radius 3 is 2.72 bits per heavy atom. The van der Waals surface area contributed by atoms with Crippen LogP contribution < -0.4 is 0 Å². The third kappa shape index (κ3) is 1.66. The highest BCUT2D eigenvalue weighted by atomic mass is 32.1. The average molecular weight is 256 g/mol. The van der Waals surface area contributed by atoms with Gasteiger partial charge in [-0.2, -0.15) is 0 Å². The first-order valence-corrected chi connectivity index (χ1v) is 6.46. The van der Waals surface area contributed by atoms with Gasteiger partial charge in [-0.15, -0.1) is 11.3 Å². The molecule has 2 aromatic heterocycles. The maximum Gasteiger partial charge on any atom is 0.253 e. The number of rotatable bonds is 1. The van der Waals surface area contributed by atoms with E-state index in [4.69, 9.17) is 0 Å². The normalized spacial score (nSPS) is 11.0. The van der Waals surface area contributed by atoms with E-state index in [-0.39, 0.29) is 5.91 Å². The second-order valence-corrected chi connectivity index (χ2v) is 5.47. The third-order valence-electron chi connectivity index (χ3n) is 2.93. The minimum atomic E-state index is 0.0347. The number of carbonyl (C=O) groups excluding carboxylic acids is 1. The Bertz CT molecular complexity index is 746. The van der Waals surface area contributed by atoms with E-state index < -0.39 is 0 Å². The van der Waals surface area contributed by atoms with Crippen molar-refractivity contribution in [1.29, 1.82) is 0 Å². The lowest BCUT2D eigenvalue weighted by Gasteiger charge is -2.09. The van der Waals surface area contributed by atoms with Crippen molar-refractivity contribution in [2.75, 3.05) is 14.1 Å². The minimum absolute atomic E-state index is 0.0347. The molecule has 18 heavy (non-hydrogen) atoms. The van der Waals surface area contributed by atoms with Crippen LogP contribution in [0.2, 0.25) is 0 Å². The fraction of sp³-hybridized carbons (Fsp3) is 0.143. The summed E-state index contributed by atoms with van der Waals surface area (Å²) in [6, 6.07) is 7.88. The highest BCUT2D eigenvalue weighted by molar-refractivity contribution is 7.25. The molecule has 90 valence electrons. The van der Waals surface area contributed by atoms with Crippen LogP contribution in [0.25, 0.3) is 20.2 Å². The van der Waals surface area contributed by atoms with Crippen LogP contribution in [-0.4, -0.2) is 29.9 Å². The van der Waals surface area contributed by atoms with Crippen LogP contribution >= 0.6 is 11.3 Å². The number of amides is 1. The fourth-order valence-electron chi connectivity index (χ4n) is 2.02. The number of benzene rings is 1. The average Bonchev–Trinajstić information content (AvgIpc) is 2.75. The monoisotopic (exact) mass is 256 g/mol. The van der Waals surface area contributed by atoms with Crippen LogP contribution in [0.15, 0.2) is 36.7 Å². The molecule has 1 aromatic carbocycles. The highest BCUT2D eigenvalue weighted by Crippen LogP contribution is 2.33. The SMILES string of the molecule is CN(C)C(=O)c1ccc2c(c1)sc1cnccc12. The fourth-order valence-corrected chi connectivity index (χ4v) is 3.14. The molecule has 4 heteroatoms. The topological polar surface area (TPSA) is 33.2 Å². The van der Waals surface area contributed by atoms with Crippen molar-refractivity contribution in [1.82, 2.24) is 9.88 Å². The molecule has 0 aliphatic carbocycles. The summed E-state index contributed by atoms with van der Waals surface area (Å²) in [5.41, 5.74) is 0.729. The molecule has 0 radical (unpaired) electrons. The summed E-state index contributed by atoms with van der Waals surface area (Å²) in [6.45, 7) is 0. The first kappa shape index (κ1) is 11.2. The van der Waals surface area contributed by atoms with Crippen molar-refractivity contribution in [3.05, 3.63) is 42.2 Å². The Morgan fingerprint density at radius 1 is 1.17 bits per heavy atom. The molecular formula is C14H12N2OS. The predicted molar refractivity (Wildman–Crippen MR) is 75.1 cm³/mol. The molecule has 0 atom stereocenters. The Morgan fingerprint density at radius 2 is 1.94 bits per heavy atom. The van der Waals surface area contributed by atoms with Crippen LogP contribution in [-0.2, 0) is 0 Å². The summed E-state index contributed by atoms with van der Waals surface area (Å²) in [6.07, 6.45) is 3.67. The molecule has 0 fully saturated rings. The van der Waals surface area contributed by atoms with Gasteiger partial charge in [0.1, 0.15) is 0 Å². The number of nitrogens with zero attached hydrogens (tertiary/aromatic N) is 2. The minimum Gasteiger partial charge on any atom is -0.345 e. The maximum absolute atomic E-state index is 11.9. The molecular weight excluding hydrogens is 244 g/mol. The summed E-state index contributed by atoms with van der Waals surface area (Å²) >= 11 is 1.67. The molecule has 3 rings (SSSR count). The summed E-state index contributed by atoms with van der Waals surface area (Å²) < 4.78 is 2.28. The zero-order valence-electron chi connectivity index (χ0n) is 10.2. The number of carbonyl (C=O) groups is 1. The lowest BCUT2D eigenvalue weighted by molar-refractivity contribution is 0.0828. The van der Waals surface area contributed by atoms with Gasteiger partial charge in [-0.1, -0.05) is 6.07 Å². The van der Waals surface area contributed by atoms with E-state index >= 15 is 0 Å². The van der Waals surface area contributed by atoms with Crippen molar-refractivity contribution in [3.63, 3.8) is 0 Å². The molecule has 0 saturated carbocycles. The first-order valence-electron chi connectivity index (χ1n) is 5.65. The van der Waals surface area contributed by atoms with E-state index in [1.54, 1.807) is 36.5 Å². The number of pyridine rings is 1. The van der Waals surface area contributed by atoms with Gasteiger partial charge in [-0.25, -0.2) is 0 Å². The summed E-state index contributed by atoms with van der Waals surface area (Å²) in [7, 11) is 3.53. The lowest BCUT2D eigenvalue weighted by atomic mass is 10.1. The number of hydrogen-bond acceptors (Lipinski definition) is 3. The van der Waals surface area contributed by atoms with Gasteiger partial charge in [0.2, 0.25) is 0 Å². The molecule has 0 unspecified atom stereocenters. The Labute approximate surface area is 109 Å². The lowest BCUT2D eigenvalue weighted by Crippen LogP contribution is -2.21. The third-order valence-corrected chi connectivity index (χ3v) is 4.03. The van der Waals surface area contributed by atoms with E-state index in [1.165, 1.54) is 10.8 Å². The van der Waals surface area contributed by atoms with Crippen molar-refractivity contribution < 1.29 is 4.79 Å². The summed E-state index contributed by atoms with van der Waals surface area (Å²) in [5, 5.41) is 2.39. The van der Waals surface area contributed by atoms with Crippen LogP contribution in [0.3, 0.4) is 0 Å². The van der Waals surface area contributed by atoms with Crippen LogP contribution in [0.4, 0.5) is 0 Å². The molecule has 1 amide bonds. The smallest absolute Gasteiger partial charge is 0.253 e. The summed E-state index contributed by atoms with van der Waals surface area (Å²) in [5.74, 6) is 0.0347. The van der Waals surface area contributed by atoms with Gasteiger partial charge in [0, 0.05) is 47.5 Å². The molecule has 2 heterocycles. The van der Waals surface area contributed by atoms with Gasteiger partial charge < -0.3 is 4.90 Å². The van der Waals surface area contributed by atoms with Crippen molar-refractivity contribution >= 4 is 37.4 Å². The number of thiophene rings is 1. The van der Waals surface area contributed by atoms with E-state index in [9.17, 15) is 4.79 Å². The maximum atomic E-state index is 11.9. The van der Waals surface area contributed by atoms with E-state index in [1.807, 2.05) is 30.5 Å². The molecule has 3 aromatic rings. The number of aromatic nitrogens is 1. The van der Waals surface area contributed by atoms with E-state index in [2.05, 4.69) is 4.98 Å². The van der Waals surface area contributed by atoms with Crippen molar-refractivity contribution in [2.45, 2.75) is 0 Å². The first-order chi connectivity index (χ1) is 8.66. The molecule has 0 saturated heterocycles. The highest BCUT2D eigenvalue weighted by Gasteiger charge is 2.11. The predicted octanol–water partition coefficient (Wildman–Crippen LogP) is 3.15. The second kappa shape index (κ2) is 4.07. The Hall–Kier alpha value is -1.94. The Balaban J connectivity index is 2.24. The number of fused-ring (bicyclic) bond motifs is 3. The van der Waals surface area contributed by atoms with Gasteiger partial charge in [0.05, 0.1) is 4.70 Å². The molecule has 3 nitrogen and oxygen atoms in total. The zero-order chi connectivity index (χ0) is 12.7. The van der Waals surface area contributed by atoms with E-state index in [0.29, 0.717) is 0 Å². The van der Waals surface area contributed by atoms with Gasteiger partial charge in [-0.05, 0) is 18.2 Å². The zero-order valence-corrected chi connectivity index (χ0v) is 11.0. The van der Waals surface area contributed by atoms with E-state index in [0.717, 1.165) is 15.0 Å².